The van der Waals surface area contributed by atoms with Crippen molar-refractivity contribution in [2.24, 2.45) is 9.40 Å². The highest BCUT2D eigenvalue weighted by Gasteiger charge is 2.03. The Morgan fingerprint density at radius 3 is 2.31 bits per heavy atom. The molecular weight excluding hydrogens is 204 g/mol. The van der Waals surface area contributed by atoms with Crippen LogP contribution in [0.5, 0.6) is 0 Å². The van der Waals surface area contributed by atoms with Crippen LogP contribution in [0.2, 0.25) is 0 Å². The van der Waals surface area contributed by atoms with Crippen molar-refractivity contribution in [1.82, 2.24) is 4.67 Å². The molecule has 2 atom stereocenters. The Balaban J connectivity index is 4.56. The summed E-state index contributed by atoms with van der Waals surface area (Å²) in [6.07, 6.45) is 3.49. The van der Waals surface area contributed by atoms with Crippen LogP contribution in [-0.2, 0) is 0 Å². The molecule has 0 fully saturated rings. The first-order valence-electron chi connectivity index (χ1n) is 3.59. The van der Waals surface area contributed by atoms with Gasteiger partial charge in [0.25, 0.3) is 0 Å². The second-order valence-corrected chi connectivity index (χ2v) is 4.57. The van der Waals surface area contributed by atoms with E-state index in [0.717, 1.165) is 0 Å². The highest BCUT2D eigenvalue weighted by Crippen LogP contribution is 2.34. The Hall–Kier alpha value is -0.590. The Morgan fingerprint density at radius 2 is 2.00 bits per heavy atom. The van der Waals surface area contributed by atoms with Crippen molar-refractivity contribution in [3.8, 4) is 0 Å². The zero-order valence-electron chi connectivity index (χ0n) is 7.30. The number of hydrogen-bond acceptors (Lipinski definition) is 1. The maximum atomic E-state index is 8.29. The molecule has 0 aliphatic heterocycles. The number of rotatable bonds is 6. The fourth-order valence-electron chi connectivity index (χ4n) is 0.760. The molecule has 5 nitrogen and oxygen atoms in total. The minimum Gasteiger partial charge on any atom is -0.268 e. The van der Waals surface area contributed by atoms with Crippen LogP contribution >= 0.6 is 17.4 Å². The molecule has 72 valence electrons. The van der Waals surface area contributed by atoms with Crippen LogP contribution in [0.3, 0.4) is 0 Å². The van der Waals surface area contributed by atoms with Gasteiger partial charge >= 0.3 is 0 Å². The molecule has 7 heteroatoms. The molecule has 0 heterocycles. The molecule has 0 N–H and O–H groups in total. The third-order valence-corrected chi connectivity index (χ3v) is 3.35. The molecule has 0 saturated heterocycles. The van der Waals surface area contributed by atoms with E-state index in [1.807, 2.05) is 4.67 Å². The summed E-state index contributed by atoms with van der Waals surface area (Å²) in [7, 11) is 0.720. The van der Waals surface area contributed by atoms with Gasteiger partial charge in [-0.1, -0.05) is 12.2 Å². The molecule has 0 aliphatic rings. The summed E-state index contributed by atoms with van der Waals surface area (Å²) >= 11 is 0. The SMILES string of the molecule is C=CCN(CC=C)/[PH](N=[N+]=[N-])=N/P. The van der Waals surface area contributed by atoms with Crippen molar-refractivity contribution in [3.63, 3.8) is 0 Å². The molecule has 0 spiro atoms. The van der Waals surface area contributed by atoms with Gasteiger partial charge in [-0.25, -0.2) is 0 Å². The first-order valence-corrected chi connectivity index (χ1v) is 5.45. The maximum absolute atomic E-state index is 8.29. The minimum atomic E-state index is -1.51. The van der Waals surface area contributed by atoms with Crippen LogP contribution in [0.4, 0.5) is 0 Å². The smallest absolute Gasteiger partial charge is 0.112 e. The van der Waals surface area contributed by atoms with Gasteiger partial charge in [0.2, 0.25) is 0 Å². The zero-order valence-corrected chi connectivity index (χ0v) is 9.45. The molecule has 0 bridgehead atoms. The number of hydrogen-bond donors (Lipinski definition) is 0. The largest absolute Gasteiger partial charge is 0.268 e. The van der Waals surface area contributed by atoms with E-state index in [9.17, 15) is 0 Å². The van der Waals surface area contributed by atoms with E-state index in [2.05, 4.69) is 36.9 Å². The summed E-state index contributed by atoms with van der Waals surface area (Å²) in [4.78, 5) is 6.35. The van der Waals surface area contributed by atoms with Crippen molar-refractivity contribution in [3.05, 3.63) is 35.8 Å². The van der Waals surface area contributed by atoms with Gasteiger partial charge in [-0.05, 0) is 19.8 Å². The summed E-state index contributed by atoms with van der Waals surface area (Å²) in [6, 6.07) is 0. The maximum Gasteiger partial charge on any atom is 0.112 e. The van der Waals surface area contributed by atoms with Crippen molar-refractivity contribution in [2.75, 3.05) is 13.1 Å². The van der Waals surface area contributed by atoms with Gasteiger partial charge in [0.1, 0.15) is 8.01 Å². The first kappa shape index (κ1) is 12.4. The van der Waals surface area contributed by atoms with Crippen LogP contribution in [0.1, 0.15) is 0 Å². The van der Waals surface area contributed by atoms with Gasteiger partial charge in [-0.15, -0.1) is 13.2 Å². The Morgan fingerprint density at radius 1 is 1.46 bits per heavy atom. The van der Waals surface area contributed by atoms with E-state index in [0.29, 0.717) is 13.1 Å². The van der Waals surface area contributed by atoms with Crippen LogP contribution in [0, 0.1) is 0 Å². The quantitative estimate of drug-likeness (QED) is 0.222. The average molecular weight is 217 g/mol. The number of nitrogens with zero attached hydrogens (tertiary/aromatic N) is 5. The lowest BCUT2D eigenvalue weighted by atomic mass is 10.5. The Kier molecular flexibility index (Phi) is 7.66. The molecule has 0 amide bonds. The second kappa shape index (κ2) is 8.03. The summed E-state index contributed by atoms with van der Waals surface area (Å²) in [6.45, 7) is 8.53. The summed E-state index contributed by atoms with van der Waals surface area (Å²) in [5, 5.41) is 0. The van der Waals surface area contributed by atoms with Gasteiger partial charge in [0.15, 0.2) is 0 Å². The second-order valence-electron chi connectivity index (χ2n) is 2.10. The highest BCUT2D eigenvalue weighted by atomic mass is 31.1. The Labute approximate surface area is 81.0 Å². The van der Waals surface area contributed by atoms with Crippen molar-refractivity contribution in [2.45, 2.75) is 0 Å². The standard InChI is InChI=1S/C6H13N5P2/c1-3-5-11(6-4-2)13(10-12)9-8-7/h3-4,13H,1-2,5-6,12H2. The van der Waals surface area contributed by atoms with E-state index in [1.165, 1.54) is 0 Å². The zero-order chi connectivity index (χ0) is 10.1. The molecule has 0 aromatic rings. The summed E-state index contributed by atoms with van der Waals surface area (Å²) < 4.78 is 5.87. The Bertz CT molecular complexity index is 246. The van der Waals surface area contributed by atoms with E-state index in [1.54, 1.807) is 12.2 Å². The van der Waals surface area contributed by atoms with Crippen molar-refractivity contribution < 1.29 is 0 Å². The van der Waals surface area contributed by atoms with E-state index >= 15 is 0 Å². The topological polar surface area (TPSA) is 64.4 Å². The molecule has 0 aromatic carbocycles. The van der Waals surface area contributed by atoms with Crippen LogP contribution < -0.4 is 0 Å². The van der Waals surface area contributed by atoms with Crippen LogP contribution in [-0.4, -0.2) is 17.8 Å². The molecular formula is C6H13N5P2. The van der Waals surface area contributed by atoms with E-state index in [-0.39, 0.29) is 0 Å². The lowest BCUT2D eigenvalue weighted by Crippen LogP contribution is -2.14. The predicted octanol–water partition coefficient (Wildman–Crippen LogP) is 2.99. The predicted molar refractivity (Wildman–Crippen MR) is 61.6 cm³/mol. The highest BCUT2D eigenvalue weighted by molar-refractivity contribution is 7.47. The van der Waals surface area contributed by atoms with Gasteiger partial charge in [0, 0.05) is 18.0 Å². The van der Waals surface area contributed by atoms with Crippen LogP contribution in [0.25, 0.3) is 10.4 Å². The monoisotopic (exact) mass is 217 g/mol. The normalized spacial score (nSPS) is 12.2. The molecule has 0 saturated carbocycles. The van der Waals surface area contributed by atoms with Gasteiger partial charge < -0.3 is 0 Å². The van der Waals surface area contributed by atoms with E-state index < -0.39 is 8.01 Å². The van der Waals surface area contributed by atoms with Crippen LogP contribution in [0.15, 0.2) is 34.7 Å². The third kappa shape index (κ3) is 4.87. The molecule has 13 heavy (non-hydrogen) atoms. The molecule has 0 aliphatic carbocycles. The van der Waals surface area contributed by atoms with Crippen molar-refractivity contribution >= 4 is 17.4 Å². The molecule has 0 aromatic heterocycles. The molecule has 0 radical (unpaired) electrons. The first-order chi connectivity index (χ1) is 6.29. The summed E-state index contributed by atoms with van der Waals surface area (Å²) in [5.74, 6) is 0. The lowest BCUT2D eigenvalue weighted by Gasteiger charge is -2.17. The van der Waals surface area contributed by atoms with Crippen molar-refractivity contribution in [1.29, 1.82) is 0 Å². The van der Waals surface area contributed by atoms with Gasteiger partial charge in [-0.2, -0.15) is 0 Å². The van der Waals surface area contributed by atoms with Gasteiger partial charge in [0.05, 0.1) is 0 Å². The third-order valence-electron chi connectivity index (χ3n) is 1.23. The minimum absolute atomic E-state index is 0.650. The lowest BCUT2D eigenvalue weighted by molar-refractivity contribution is 0.564. The average Bonchev–Trinajstić information content (AvgIpc) is 2.14. The summed E-state index contributed by atoms with van der Waals surface area (Å²) in [5.41, 5.74) is 8.29. The van der Waals surface area contributed by atoms with Gasteiger partial charge in [-0.3, -0.25) is 9.19 Å². The fourth-order valence-corrected chi connectivity index (χ4v) is 2.41. The molecule has 0 rings (SSSR count). The van der Waals surface area contributed by atoms with E-state index in [4.69, 9.17) is 5.53 Å². The fraction of sp³-hybridized carbons (Fsp3) is 0.333. The molecule has 2 unspecified atom stereocenters. The number of azide groups is 1.